The SMILES string of the molecule is Cc1ccc(-c2nnc([C@@H](C)Nc3cccc(N4CCOC4=O)c3C)o2)cc1C. The third-order valence-electron chi connectivity index (χ3n) is 5.29. The van der Waals surface area contributed by atoms with Crippen LogP contribution in [0.15, 0.2) is 40.8 Å². The lowest BCUT2D eigenvalue weighted by molar-refractivity contribution is 0.181. The number of benzene rings is 2. The third kappa shape index (κ3) is 3.68. The van der Waals surface area contributed by atoms with Crippen LogP contribution >= 0.6 is 0 Å². The van der Waals surface area contributed by atoms with Gasteiger partial charge in [0.05, 0.1) is 12.2 Å². The average Bonchev–Trinajstić information content (AvgIpc) is 3.35. The first-order valence-corrected chi connectivity index (χ1v) is 9.65. The third-order valence-corrected chi connectivity index (χ3v) is 5.29. The molecule has 1 saturated heterocycles. The van der Waals surface area contributed by atoms with Gasteiger partial charge in [0.15, 0.2) is 0 Å². The average molecular weight is 392 g/mol. The summed E-state index contributed by atoms with van der Waals surface area (Å²) >= 11 is 0. The summed E-state index contributed by atoms with van der Waals surface area (Å²) in [6.07, 6.45) is -0.312. The number of aromatic nitrogens is 2. The van der Waals surface area contributed by atoms with Gasteiger partial charge in [-0.15, -0.1) is 10.2 Å². The maximum absolute atomic E-state index is 11.9. The van der Waals surface area contributed by atoms with Crippen LogP contribution in [0.1, 0.15) is 35.5 Å². The Morgan fingerprint density at radius 2 is 1.93 bits per heavy atom. The number of nitrogens with zero attached hydrogens (tertiary/aromatic N) is 3. The Morgan fingerprint density at radius 1 is 1.10 bits per heavy atom. The molecule has 1 aliphatic rings. The Morgan fingerprint density at radius 3 is 2.66 bits per heavy atom. The number of ether oxygens (including phenoxy) is 1. The van der Waals surface area contributed by atoms with Crippen LogP contribution in [0.4, 0.5) is 16.2 Å². The summed E-state index contributed by atoms with van der Waals surface area (Å²) in [7, 11) is 0. The van der Waals surface area contributed by atoms with Crippen molar-refractivity contribution in [3.05, 3.63) is 59.0 Å². The minimum atomic E-state index is -0.312. The summed E-state index contributed by atoms with van der Waals surface area (Å²) in [5.74, 6) is 1.01. The highest BCUT2D eigenvalue weighted by molar-refractivity contribution is 5.91. The lowest BCUT2D eigenvalue weighted by atomic mass is 10.1. The maximum Gasteiger partial charge on any atom is 0.414 e. The van der Waals surface area contributed by atoms with Crippen molar-refractivity contribution in [2.75, 3.05) is 23.4 Å². The van der Waals surface area contributed by atoms with E-state index in [9.17, 15) is 4.79 Å². The molecule has 0 unspecified atom stereocenters. The summed E-state index contributed by atoms with van der Waals surface area (Å²) in [6, 6.07) is 11.7. The normalized spacial score (nSPS) is 14.8. The second-order valence-corrected chi connectivity index (χ2v) is 7.33. The van der Waals surface area contributed by atoms with E-state index in [2.05, 4.69) is 35.4 Å². The number of aryl methyl sites for hydroxylation is 2. The Bertz CT molecular complexity index is 1060. The molecule has 0 aliphatic carbocycles. The molecule has 0 bridgehead atoms. The molecule has 1 aliphatic heterocycles. The van der Waals surface area contributed by atoms with Gasteiger partial charge in [-0.3, -0.25) is 4.90 Å². The van der Waals surface area contributed by atoms with Crippen LogP contribution < -0.4 is 10.2 Å². The molecule has 2 heterocycles. The number of rotatable bonds is 5. The van der Waals surface area contributed by atoms with Gasteiger partial charge in [0.1, 0.15) is 12.6 Å². The molecular formula is C22H24N4O3. The fourth-order valence-electron chi connectivity index (χ4n) is 3.38. The molecule has 2 aromatic carbocycles. The summed E-state index contributed by atoms with van der Waals surface area (Å²) in [4.78, 5) is 13.6. The number of hydrogen-bond acceptors (Lipinski definition) is 6. The van der Waals surface area contributed by atoms with Crippen LogP contribution in [0.5, 0.6) is 0 Å². The number of hydrogen-bond donors (Lipinski definition) is 1. The van der Waals surface area contributed by atoms with E-state index < -0.39 is 0 Å². The van der Waals surface area contributed by atoms with E-state index in [0.29, 0.717) is 24.9 Å². The molecular weight excluding hydrogens is 368 g/mol. The highest BCUT2D eigenvalue weighted by Crippen LogP contribution is 2.31. The quantitative estimate of drug-likeness (QED) is 0.672. The summed E-state index contributed by atoms with van der Waals surface area (Å²) in [6.45, 7) is 9.05. The van der Waals surface area contributed by atoms with E-state index in [4.69, 9.17) is 9.15 Å². The van der Waals surface area contributed by atoms with Gasteiger partial charge in [-0.05, 0) is 68.7 Å². The Labute approximate surface area is 169 Å². The number of carbonyl (C=O) groups is 1. The Balaban J connectivity index is 1.54. The number of carbonyl (C=O) groups excluding carboxylic acids is 1. The number of nitrogens with one attached hydrogen (secondary N) is 1. The molecule has 0 spiro atoms. The van der Waals surface area contributed by atoms with Crippen LogP contribution in [-0.2, 0) is 4.74 Å². The van der Waals surface area contributed by atoms with Gasteiger partial charge in [-0.1, -0.05) is 12.1 Å². The van der Waals surface area contributed by atoms with E-state index >= 15 is 0 Å². The zero-order valence-corrected chi connectivity index (χ0v) is 17.0. The largest absolute Gasteiger partial charge is 0.447 e. The van der Waals surface area contributed by atoms with Crippen molar-refractivity contribution >= 4 is 17.5 Å². The smallest absolute Gasteiger partial charge is 0.414 e. The standard InChI is InChI=1S/C22H24N4O3/c1-13-8-9-17(12-14(13)2)21-25-24-20(29-21)16(4)23-18-6-5-7-19(15(18)3)26-10-11-28-22(26)27/h5-9,12,16,23H,10-11H2,1-4H3/t16-/m1/s1. The van der Waals surface area contributed by atoms with Gasteiger partial charge >= 0.3 is 6.09 Å². The Hall–Kier alpha value is -3.35. The molecule has 3 aromatic rings. The van der Waals surface area contributed by atoms with Gasteiger partial charge in [0.25, 0.3) is 0 Å². The van der Waals surface area contributed by atoms with Crippen molar-refractivity contribution < 1.29 is 13.9 Å². The van der Waals surface area contributed by atoms with Crippen LogP contribution in [0.2, 0.25) is 0 Å². The zero-order chi connectivity index (χ0) is 20.5. The lowest BCUT2D eigenvalue weighted by Gasteiger charge is -2.20. The summed E-state index contributed by atoms with van der Waals surface area (Å²) in [5, 5.41) is 11.8. The molecule has 1 fully saturated rings. The van der Waals surface area contributed by atoms with E-state index in [1.54, 1.807) is 4.90 Å². The molecule has 0 saturated carbocycles. The second kappa shape index (κ2) is 7.58. The van der Waals surface area contributed by atoms with Crippen LogP contribution in [0, 0.1) is 20.8 Å². The minimum absolute atomic E-state index is 0.192. The highest BCUT2D eigenvalue weighted by Gasteiger charge is 2.26. The molecule has 1 aromatic heterocycles. The molecule has 150 valence electrons. The molecule has 0 radical (unpaired) electrons. The molecule has 7 nitrogen and oxygen atoms in total. The first-order chi connectivity index (χ1) is 13.9. The van der Waals surface area contributed by atoms with Crippen molar-refractivity contribution in [3.63, 3.8) is 0 Å². The summed E-state index contributed by atoms with van der Waals surface area (Å²) in [5.41, 5.74) is 6.02. The van der Waals surface area contributed by atoms with Crippen LogP contribution in [0.3, 0.4) is 0 Å². The second-order valence-electron chi connectivity index (χ2n) is 7.33. The predicted octanol–water partition coefficient (Wildman–Crippen LogP) is 4.79. The molecule has 1 N–H and O–H groups in total. The lowest BCUT2D eigenvalue weighted by Crippen LogP contribution is -2.24. The van der Waals surface area contributed by atoms with Crippen molar-refractivity contribution in [1.82, 2.24) is 10.2 Å². The number of anilines is 2. The maximum atomic E-state index is 11.9. The van der Waals surface area contributed by atoms with E-state index in [1.807, 2.05) is 44.2 Å². The summed E-state index contributed by atoms with van der Waals surface area (Å²) < 4.78 is 11.0. The first kappa shape index (κ1) is 19.0. The zero-order valence-electron chi connectivity index (χ0n) is 17.0. The van der Waals surface area contributed by atoms with Crippen molar-refractivity contribution in [2.45, 2.75) is 33.7 Å². The molecule has 1 amide bonds. The van der Waals surface area contributed by atoms with E-state index in [0.717, 1.165) is 22.5 Å². The van der Waals surface area contributed by atoms with Gasteiger partial charge in [0, 0.05) is 11.3 Å². The van der Waals surface area contributed by atoms with Crippen molar-refractivity contribution in [3.8, 4) is 11.5 Å². The molecule has 7 heteroatoms. The number of amides is 1. The first-order valence-electron chi connectivity index (χ1n) is 9.65. The molecule has 29 heavy (non-hydrogen) atoms. The fourth-order valence-corrected chi connectivity index (χ4v) is 3.38. The van der Waals surface area contributed by atoms with Gasteiger partial charge in [-0.2, -0.15) is 0 Å². The highest BCUT2D eigenvalue weighted by atomic mass is 16.6. The fraction of sp³-hybridized carbons (Fsp3) is 0.318. The van der Waals surface area contributed by atoms with Crippen molar-refractivity contribution in [1.29, 1.82) is 0 Å². The monoisotopic (exact) mass is 392 g/mol. The van der Waals surface area contributed by atoms with Gasteiger partial charge in [-0.25, -0.2) is 4.79 Å². The van der Waals surface area contributed by atoms with E-state index in [-0.39, 0.29) is 12.1 Å². The van der Waals surface area contributed by atoms with E-state index in [1.165, 1.54) is 11.1 Å². The van der Waals surface area contributed by atoms with Gasteiger partial charge < -0.3 is 14.5 Å². The van der Waals surface area contributed by atoms with Crippen LogP contribution in [0.25, 0.3) is 11.5 Å². The molecule has 1 atom stereocenters. The topological polar surface area (TPSA) is 80.5 Å². The van der Waals surface area contributed by atoms with Crippen molar-refractivity contribution in [2.24, 2.45) is 0 Å². The minimum Gasteiger partial charge on any atom is -0.447 e. The van der Waals surface area contributed by atoms with Gasteiger partial charge in [0.2, 0.25) is 11.8 Å². The predicted molar refractivity (Wildman–Crippen MR) is 111 cm³/mol. The Kier molecular flexibility index (Phi) is 4.96. The van der Waals surface area contributed by atoms with Crippen LogP contribution in [-0.4, -0.2) is 29.4 Å². The molecule has 4 rings (SSSR count). The number of cyclic esters (lactones) is 1.